The van der Waals surface area contributed by atoms with Crippen molar-refractivity contribution in [2.24, 2.45) is 5.73 Å². The molecule has 4 nitrogen and oxygen atoms in total. The number of rotatable bonds is 7. The summed E-state index contributed by atoms with van der Waals surface area (Å²) in [5.41, 5.74) is 7.99. The molecule has 1 aromatic carbocycles. The van der Waals surface area contributed by atoms with Gasteiger partial charge in [0.15, 0.2) is 0 Å². The molecule has 0 fully saturated rings. The third-order valence-corrected chi connectivity index (χ3v) is 4.74. The highest BCUT2D eigenvalue weighted by Gasteiger charge is 2.10. The molecular formula is C14H23NO3S. The minimum atomic E-state index is -2.91. The third kappa shape index (κ3) is 5.20. The lowest BCUT2D eigenvalue weighted by Gasteiger charge is -2.14. The lowest BCUT2D eigenvalue weighted by atomic mass is 10.1. The van der Waals surface area contributed by atoms with Crippen LogP contribution in [0, 0.1) is 6.92 Å². The summed E-state index contributed by atoms with van der Waals surface area (Å²) in [4.78, 5) is 0. The van der Waals surface area contributed by atoms with E-state index in [0.29, 0.717) is 13.0 Å². The number of hydrogen-bond donors (Lipinski definition) is 1. The van der Waals surface area contributed by atoms with Crippen molar-refractivity contribution in [2.75, 3.05) is 18.1 Å². The summed E-state index contributed by atoms with van der Waals surface area (Å²) in [6, 6.07) is 5.75. The largest absolute Gasteiger partial charge is 0.493 e. The number of ether oxygens (including phenoxy) is 1. The number of sulfone groups is 1. The van der Waals surface area contributed by atoms with Crippen LogP contribution >= 0.6 is 0 Å². The van der Waals surface area contributed by atoms with Gasteiger partial charge in [-0.15, -0.1) is 0 Å². The van der Waals surface area contributed by atoms with Crippen LogP contribution in [-0.4, -0.2) is 26.5 Å². The molecule has 108 valence electrons. The second-order valence-electron chi connectivity index (χ2n) is 4.77. The maximum absolute atomic E-state index is 11.4. The predicted octanol–water partition coefficient (Wildman–Crippen LogP) is 2.22. The topological polar surface area (TPSA) is 69.4 Å². The Balaban J connectivity index is 2.59. The van der Waals surface area contributed by atoms with Gasteiger partial charge in [0.25, 0.3) is 0 Å². The Morgan fingerprint density at radius 3 is 2.63 bits per heavy atom. The standard InChI is InChI=1S/C14H23NO3S/c1-4-19(16,17)9-5-8-18-14-7-6-11(2)10-13(14)12(3)15/h6-7,10,12H,4-5,8-9,15H2,1-3H3/t12-/m0/s1. The molecule has 0 amide bonds. The quantitative estimate of drug-likeness (QED) is 0.780. The van der Waals surface area contributed by atoms with Gasteiger partial charge in [0.2, 0.25) is 0 Å². The van der Waals surface area contributed by atoms with Crippen molar-refractivity contribution in [3.63, 3.8) is 0 Å². The molecule has 0 spiro atoms. The summed E-state index contributed by atoms with van der Waals surface area (Å²) in [5.74, 6) is 1.10. The van der Waals surface area contributed by atoms with Crippen molar-refractivity contribution in [3.8, 4) is 5.75 Å². The first-order chi connectivity index (χ1) is 8.85. The van der Waals surface area contributed by atoms with Gasteiger partial charge in [-0.1, -0.05) is 24.6 Å². The van der Waals surface area contributed by atoms with Crippen LogP contribution in [0.2, 0.25) is 0 Å². The fourth-order valence-electron chi connectivity index (χ4n) is 1.76. The predicted molar refractivity (Wildman–Crippen MR) is 78.2 cm³/mol. The van der Waals surface area contributed by atoms with Gasteiger partial charge in [-0.05, 0) is 26.3 Å². The van der Waals surface area contributed by atoms with E-state index in [1.165, 1.54) is 0 Å². The normalized spacial score (nSPS) is 13.3. The van der Waals surface area contributed by atoms with E-state index in [9.17, 15) is 8.42 Å². The molecular weight excluding hydrogens is 262 g/mol. The molecule has 0 heterocycles. The fraction of sp³-hybridized carbons (Fsp3) is 0.571. The molecule has 0 aliphatic heterocycles. The van der Waals surface area contributed by atoms with Crippen LogP contribution in [-0.2, 0) is 9.84 Å². The number of hydrogen-bond acceptors (Lipinski definition) is 4. The van der Waals surface area contributed by atoms with Gasteiger partial charge in [0.05, 0.1) is 12.4 Å². The zero-order valence-corrected chi connectivity index (χ0v) is 12.7. The maximum atomic E-state index is 11.4. The second-order valence-corrected chi connectivity index (χ2v) is 7.24. The van der Waals surface area contributed by atoms with E-state index in [1.807, 2.05) is 32.0 Å². The van der Waals surface area contributed by atoms with Crippen LogP contribution in [0.1, 0.15) is 37.4 Å². The summed E-state index contributed by atoms with van der Waals surface area (Å²) < 4.78 is 28.4. The number of benzene rings is 1. The Morgan fingerprint density at radius 1 is 1.37 bits per heavy atom. The highest BCUT2D eigenvalue weighted by atomic mass is 32.2. The molecule has 0 saturated carbocycles. The Bertz CT molecular complexity index is 509. The first-order valence-corrected chi connectivity index (χ1v) is 8.37. The number of nitrogens with two attached hydrogens (primary N) is 1. The molecule has 0 aliphatic rings. The van der Waals surface area contributed by atoms with E-state index < -0.39 is 9.84 Å². The summed E-state index contributed by atoms with van der Waals surface area (Å²) in [6.45, 7) is 5.96. The molecule has 1 aromatic rings. The van der Waals surface area contributed by atoms with Crippen LogP contribution in [0.5, 0.6) is 5.75 Å². The molecule has 5 heteroatoms. The smallest absolute Gasteiger partial charge is 0.150 e. The van der Waals surface area contributed by atoms with Crippen LogP contribution in [0.25, 0.3) is 0 Å². The van der Waals surface area contributed by atoms with E-state index in [-0.39, 0.29) is 17.5 Å². The monoisotopic (exact) mass is 285 g/mol. The van der Waals surface area contributed by atoms with Crippen molar-refractivity contribution in [3.05, 3.63) is 29.3 Å². The summed E-state index contributed by atoms with van der Waals surface area (Å²) in [7, 11) is -2.91. The fourth-order valence-corrected chi connectivity index (χ4v) is 2.61. The van der Waals surface area contributed by atoms with Gasteiger partial charge in [0.1, 0.15) is 15.6 Å². The Hall–Kier alpha value is -1.07. The molecule has 0 saturated heterocycles. The highest BCUT2D eigenvalue weighted by molar-refractivity contribution is 7.91. The van der Waals surface area contributed by atoms with Gasteiger partial charge in [-0.3, -0.25) is 0 Å². The van der Waals surface area contributed by atoms with Crippen molar-refractivity contribution in [2.45, 2.75) is 33.2 Å². The van der Waals surface area contributed by atoms with E-state index in [1.54, 1.807) is 6.92 Å². The molecule has 0 unspecified atom stereocenters. The van der Waals surface area contributed by atoms with Crippen molar-refractivity contribution >= 4 is 9.84 Å². The van der Waals surface area contributed by atoms with Crippen LogP contribution in [0.4, 0.5) is 0 Å². The molecule has 19 heavy (non-hydrogen) atoms. The second kappa shape index (κ2) is 6.91. The Labute approximate surface area is 115 Å². The third-order valence-electron chi connectivity index (χ3n) is 2.95. The van der Waals surface area contributed by atoms with Crippen LogP contribution in [0.3, 0.4) is 0 Å². The minimum Gasteiger partial charge on any atom is -0.493 e. The summed E-state index contributed by atoms with van der Waals surface area (Å²) >= 11 is 0. The van der Waals surface area contributed by atoms with E-state index >= 15 is 0 Å². The van der Waals surface area contributed by atoms with Crippen molar-refractivity contribution < 1.29 is 13.2 Å². The first kappa shape index (κ1) is 16.0. The Kier molecular flexibility index (Phi) is 5.82. The van der Waals surface area contributed by atoms with Crippen LogP contribution in [0.15, 0.2) is 18.2 Å². The van der Waals surface area contributed by atoms with Gasteiger partial charge in [0, 0.05) is 17.4 Å². The van der Waals surface area contributed by atoms with Crippen molar-refractivity contribution in [1.82, 2.24) is 0 Å². The molecule has 0 aromatic heterocycles. The SMILES string of the molecule is CCS(=O)(=O)CCCOc1ccc(C)cc1[C@H](C)N. The lowest BCUT2D eigenvalue weighted by Crippen LogP contribution is -2.13. The molecule has 1 rings (SSSR count). The molecule has 0 bridgehead atoms. The minimum absolute atomic E-state index is 0.103. The molecule has 2 N–H and O–H groups in total. The van der Waals surface area contributed by atoms with Gasteiger partial charge in [-0.25, -0.2) is 8.42 Å². The summed E-state index contributed by atoms with van der Waals surface area (Å²) in [5, 5.41) is 0. The molecule has 1 atom stereocenters. The first-order valence-electron chi connectivity index (χ1n) is 6.55. The lowest BCUT2D eigenvalue weighted by molar-refractivity contribution is 0.313. The summed E-state index contributed by atoms with van der Waals surface area (Å²) in [6.07, 6.45) is 0.502. The molecule has 0 aliphatic carbocycles. The van der Waals surface area contributed by atoms with Gasteiger partial charge < -0.3 is 10.5 Å². The zero-order valence-electron chi connectivity index (χ0n) is 11.8. The van der Waals surface area contributed by atoms with E-state index in [4.69, 9.17) is 10.5 Å². The van der Waals surface area contributed by atoms with E-state index in [2.05, 4.69) is 0 Å². The zero-order chi connectivity index (χ0) is 14.5. The van der Waals surface area contributed by atoms with Gasteiger partial charge in [-0.2, -0.15) is 0 Å². The molecule has 0 radical (unpaired) electrons. The average Bonchev–Trinajstić information content (AvgIpc) is 2.36. The average molecular weight is 285 g/mol. The Morgan fingerprint density at radius 2 is 2.05 bits per heavy atom. The van der Waals surface area contributed by atoms with Crippen LogP contribution < -0.4 is 10.5 Å². The van der Waals surface area contributed by atoms with Crippen molar-refractivity contribution in [1.29, 1.82) is 0 Å². The van der Waals surface area contributed by atoms with E-state index in [0.717, 1.165) is 16.9 Å². The van der Waals surface area contributed by atoms with Gasteiger partial charge >= 0.3 is 0 Å². The number of aryl methyl sites for hydroxylation is 1. The maximum Gasteiger partial charge on any atom is 0.150 e. The highest BCUT2D eigenvalue weighted by Crippen LogP contribution is 2.25.